The lowest BCUT2D eigenvalue weighted by Gasteiger charge is -2.11. The first-order valence-corrected chi connectivity index (χ1v) is 17.3. The van der Waals surface area contributed by atoms with Crippen molar-refractivity contribution in [2.45, 2.75) is 0 Å². The van der Waals surface area contributed by atoms with Gasteiger partial charge in [0, 0.05) is 32.9 Å². The van der Waals surface area contributed by atoms with Crippen LogP contribution in [0.25, 0.3) is 98.4 Å². The van der Waals surface area contributed by atoms with Gasteiger partial charge < -0.3 is 9.13 Å². The minimum absolute atomic E-state index is 1.17. The van der Waals surface area contributed by atoms with Crippen molar-refractivity contribution in [2.24, 2.45) is 0 Å². The first kappa shape index (κ1) is 27.3. The molecule has 11 rings (SSSR count). The molecule has 9 aromatic carbocycles. The third-order valence-corrected chi connectivity index (χ3v) is 10.6. The molecule has 0 fully saturated rings. The zero-order valence-corrected chi connectivity index (χ0v) is 27.2. The normalized spacial score (nSPS) is 12.0. The predicted octanol–water partition coefficient (Wildman–Crippen LogP) is 13.0. The standard InChI is InChI=1S/C48H30N2/c1-3-12-34-27-38(22-17-31(34)9-1)49-45-25-21-36(29-43(45)48-40-14-6-5-11-33(40)20-26-46(48)49)37-19-24-42-41-15-7-8-16-44(41)50(47(42)30-37)39-23-18-32-10-2-4-13-35(32)28-39/h1-30H. The van der Waals surface area contributed by atoms with Crippen molar-refractivity contribution in [3.05, 3.63) is 182 Å². The van der Waals surface area contributed by atoms with Crippen LogP contribution < -0.4 is 0 Å². The van der Waals surface area contributed by atoms with Gasteiger partial charge in [-0.3, -0.25) is 0 Å². The Kier molecular flexibility index (Phi) is 5.70. The number of aromatic nitrogens is 2. The number of para-hydroxylation sites is 1. The van der Waals surface area contributed by atoms with E-state index in [0.717, 1.165) is 0 Å². The summed E-state index contributed by atoms with van der Waals surface area (Å²) in [6, 6.07) is 66.9. The summed E-state index contributed by atoms with van der Waals surface area (Å²) in [6.07, 6.45) is 0. The van der Waals surface area contributed by atoms with E-state index in [-0.39, 0.29) is 0 Å². The highest BCUT2D eigenvalue weighted by molar-refractivity contribution is 6.22. The van der Waals surface area contributed by atoms with Crippen molar-refractivity contribution < 1.29 is 0 Å². The maximum absolute atomic E-state index is 2.44. The van der Waals surface area contributed by atoms with Crippen LogP contribution in [0.5, 0.6) is 0 Å². The summed E-state index contributed by atoms with van der Waals surface area (Å²) in [5, 5.41) is 12.6. The number of benzene rings is 9. The van der Waals surface area contributed by atoms with Gasteiger partial charge in [0.15, 0.2) is 0 Å². The molecule has 0 aliphatic heterocycles. The van der Waals surface area contributed by atoms with E-state index in [1.54, 1.807) is 0 Å². The Labute approximate surface area is 288 Å². The first-order chi connectivity index (χ1) is 24.8. The van der Waals surface area contributed by atoms with Crippen LogP contribution in [0.2, 0.25) is 0 Å². The van der Waals surface area contributed by atoms with Crippen LogP contribution in [0.1, 0.15) is 0 Å². The van der Waals surface area contributed by atoms with E-state index in [1.807, 2.05) is 0 Å². The summed E-state index contributed by atoms with van der Waals surface area (Å²) >= 11 is 0. The zero-order chi connectivity index (χ0) is 32.8. The molecule has 0 N–H and O–H groups in total. The molecule has 50 heavy (non-hydrogen) atoms. The zero-order valence-electron chi connectivity index (χ0n) is 27.2. The Morgan fingerprint density at radius 2 is 0.760 bits per heavy atom. The van der Waals surface area contributed by atoms with Crippen LogP contribution in [0.15, 0.2) is 182 Å². The molecule has 0 aliphatic rings. The maximum Gasteiger partial charge on any atom is 0.0547 e. The van der Waals surface area contributed by atoms with Crippen molar-refractivity contribution in [3.8, 4) is 22.5 Å². The molecule has 0 bridgehead atoms. The van der Waals surface area contributed by atoms with E-state index in [9.17, 15) is 0 Å². The summed E-state index contributed by atoms with van der Waals surface area (Å²) in [5.41, 5.74) is 9.62. The van der Waals surface area contributed by atoms with E-state index >= 15 is 0 Å². The van der Waals surface area contributed by atoms with Gasteiger partial charge in [-0.05, 0) is 98.0 Å². The minimum atomic E-state index is 1.17. The molecule has 2 nitrogen and oxygen atoms in total. The quantitative estimate of drug-likeness (QED) is 0.183. The second kappa shape index (κ2) is 10.4. The summed E-state index contributed by atoms with van der Waals surface area (Å²) in [5.74, 6) is 0. The molecular formula is C48H30N2. The predicted molar refractivity (Wildman–Crippen MR) is 213 cm³/mol. The van der Waals surface area contributed by atoms with Gasteiger partial charge in [0.05, 0.1) is 22.1 Å². The molecule has 0 saturated heterocycles. The summed E-state index contributed by atoms with van der Waals surface area (Å²) in [7, 11) is 0. The fourth-order valence-corrected chi connectivity index (χ4v) is 8.31. The van der Waals surface area contributed by atoms with Gasteiger partial charge in [-0.15, -0.1) is 0 Å². The van der Waals surface area contributed by atoms with Crippen LogP contribution >= 0.6 is 0 Å². The van der Waals surface area contributed by atoms with Gasteiger partial charge in [-0.2, -0.15) is 0 Å². The van der Waals surface area contributed by atoms with Gasteiger partial charge in [0.1, 0.15) is 0 Å². The Morgan fingerprint density at radius 3 is 1.50 bits per heavy atom. The molecule has 11 aromatic rings. The Morgan fingerprint density at radius 1 is 0.260 bits per heavy atom. The lowest BCUT2D eigenvalue weighted by Crippen LogP contribution is -1.94. The number of hydrogen-bond donors (Lipinski definition) is 0. The molecule has 0 aliphatic carbocycles. The molecule has 0 amide bonds. The molecular weight excluding hydrogens is 605 g/mol. The highest BCUT2D eigenvalue weighted by Crippen LogP contribution is 2.41. The van der Waals surface area contributed by atoms with Crippen LogP contribution in [-0.4, -0.2) is 9.13 Å². The van der Waals surface area contributed by atoms with Gasteiger partial charge in [-0.1, -0.05) is 127 Å². The van der Waals surface area contributed by atoms with Crippen molar-refractivity contribution in [1.29, 1.82) is 0 Å². The van der Waals surface area contributed by atoms with E-state index in [2.05, 4.69) is 191 Å². The first-order valence-electron chi connectivity index (χ1n) is 17.3. The number of rotatable bonds is 3. The van der Waals surface area contributed by atoms with Gasteiger partial charge in [-0.25, -0.2) is 0 Å². The molecule has 0 unspecified atom stereocenters. The highest BCUT2D eigenvalue weighted by Gasteiger charge is 2.18. The molecule has 232 valence electrons. The van der Waals surface area contributed by atoms with E-state index in [4.69, 9.17) is 0 Å². The second-order valence-electron chi connectivity index (χ2n) is 13.4. The topological polar surface area (TPSA) is 9.86 Å². The summed E-state index contributed by atoms with van der Waals surface area (Å²) in [6.45, 7) is 0. The summed E-state index contributed by atoms with van der Waals surface area (Å²) in [4.78, 5) is 0. The van der Waals surface area contributed by atoms with Crippen molar-refractivity contribution in [2.75, 3.05) is 0 Å². The molecule has 0 saturated carbocycles. The van der Waals surface area contributed by atoms with E-state index < -0.39 is 0 Å². The molecule has 0 spiro atoms. The SMILES string of the molecule is c1ccc2cc(-n3c4ccccc4c4ccc(-c5ccc6c(c5)c5c7ccccc7ccc5n6-c5ccc6ccccc6c5)cc43)ccc2c1. The van der Waals surface area contributed by atoms with Gasteiger partial charge in [0.25, 0.3) is 0 Å². The van der Waals surface area contributed by atoms with Crippen molar-refractivity contribution in [3.63, 3.8) is 0 Å². The lowest BCUT2D eigenvalue weighted by atomic mass is 9.99. The average molecular weight is 635 g/mol. The number of hydrogen-bond acceptors (Lipinski definition) is 0. The van der Waals surface area contributed by atoms with E-state index in [1.165, 1.54) is 98.4 Å². The smallest absolute Gasteiger partial charge is 0.0547 e. The molecule has 2 aromatic heterocycles. The van der Waals surface area contributed by atoms with Crippen LogP contribution in [-0.2, 0) is 0 Å². The molecule has 2 heteroatoms. The van der Waals surface area contributed by atoms with Crippen LogP contribution in [0.3, 0.4) is 0 Å². The van der Waals surface area contributed by atoms with E-state index in [0.29, 0.717) is 0 Å². The highest BCUT2D eigenvalue weighted by atomic mass is 15.0. The third-order valence-electron chi connectivity index (χ3n) is 10.6. The Balaban J connectivity index is 1.17. The average Bonchev–Trinajstić information content (AvgIpc) is 3.70. The van der Waals surface area contributed by atoms with Crippen molar-refractivity contribution in [1.82, 2.24) is 9.13 Å². The number of nitrogens with zero attached hydrogens (tertiary/aromatic N) is 2. The summed E-state index contributed by atoms with van der Waals surface area (Å²) < 4.78 is 4.87. The van der Waals surface area contributed by atoms with Gasteiger partial charge >= 0.3 is 0 Å². The maximum atomic E-state index is 2.44. The molecule has 0 atom stereocenters. The third kappa shape index (κ3) is 3.96. The van der Waals surface area contributed by atoms with Crippen molar-refractivity contribution >= 4 is 75.9 Å². The Bertz CT molecular complexity index is 3160. The number of fused-ring (bicyclic) bond motifs is 10. The van der Waals surface area contributed by atoms with Crippen LogP contribution in [0.4, 0.5) is 0 Å². The fraction of sp³-hybridized carbons (Fsp3) is 0. The van der Waals surface area contributed by atoms with Crippen LogP contribution in [0, 0.1) is 0 Å². The molecule has 0 radical (unpaired) electrons. The largest absolute Gasteiger partial charge is 0.309 e. The second-order valence-corrected chi connectivity index (χ2v) is 13.4. The Hall–Kier alpha value is -6.64. The molecule has 2 heterocycles. The van der Waals surface area contributed by atoms with Gasteiger partial charge in [0.2, 0.25) is 0 Å². The minimum Gasteiger partial charge on any atom is -0.309 e. The fourth-order valence-electron chi connectivity index (χ4n) is 8.31. The monoisotopic (exact) mass is 634 g/mol. The lowest BCUT2D eigenvalue weighted by molar-refractivity contribution is 1.18.